The molecule has 0 radical (unpaired) electrons. The third kappa shape index (κ3) is 2.58. The van der Waals surface area contributed by atoms with Crippen LogP contribution >= 0.6 is 0 Å². The van der Waals surface area contributed by atoms with Gasteiger partial charge in [0.2, 0.25) is 0 Å². The molecule has 0 saturated carbocycles. The average Bonchev–Trinajstić information content (AvgIpc) is 1.65. The van der Waals surface area contributed by atoms with Crippen LogP contribution in [-0.4, -0.2) is 25.9 Å². The van der Waals surface area contributed by atoms with Crippen molar-refractivity contribution in [3.05, 3.63) is 0 Å². The van der Waals surface area contributed by atoms with E-state index in [1.165, 1.54) is 0 Å². The fraction of sp³-hybridized carbons (Fsp3) is 0.500. The van der Waals surface area contributed by atoms with Crippen LogP contribution in [0.3, 0.4) is 0 Å². The summed E-state index contributed by atoms with van der Waals surface area (Å²) in [6, 6.07) is 0. The SMILES string of the molecule is O=C(CO)[S+](O)O. The van der Waals surface area contributed by atoms with E-state index in [2.05, 4.69) is 0 Å². The van der Waals surface area contributed by atoms with Crippen LogP contribution in [0.1, 0.15) is 0 Å². The van der Waals surface area contributed by atoms with E-state index in [0.717, 1.165) is 0 Å². The molecule has 5 heteroatoms. The molecule has 0 aromatic rings. The Kier molecular flexibility index (Phi) is 2.93. The Hall–Kier alpha value is -0.100. The molecular weight excluding hydrogens is 120 g/mol. The zero-order valence-corrected chi connectivity index (χ0v) is 4.18. The lowest BCUT2D eigenvalue weighted by Gasteiger charge is -1.78. The number of hydrogen-bond acceptors (Lipinski definition) is 4. The summed E-state index contributed by atoms with van der Waals surface area (Å²) in [5.41, 5.74) is 0. The fourth-order valence-corrected chi connectivity index (χ4v) is 0.173. The molecule has 0 aromatic carbocycles. The van der Waals surface area contributed by atoms with Crippen LogP contribution in [0, 0.1) is 0 Å². The number of hydrogen-bond donors (Lipinski definition) is 3. The Labute approximate surface area is 43.2 Å². The van der Waals surface area contributed by atoms with Gasteiger partial charge in [0.1, 0.15) is 0 Å². The molecule has 0 amide bonds. The minimum atomic E-state index is -2.25. The normalized spacial score (nSPS) is 9.71. The van der Waals surface area contributed by atoms with Crippen LogP contribution in [0.2, 0.25) is 0 Å². The molecule has 0 aliphatic carbocycles. The topological polar surface area (TPSA) is 77.8 Å². The van der Waals surface area contributed by atoms with Gasteiger partial charge in [0.05, 0.1) is 0 Å². The smallest absolute Gasteiger partial charge is 0.383 e. The van der Waals surface area contributed by atoms with Crippen molar-refractivity contribution in [2.75, 3.05) is 6.61 Å². The number of aliphatic hydroxyl groups excluding tert-OH is 1. The van der Waals surface area contributed by atoms with Gasteiger partial charge in [-0.25, -0.2) is 4.79 Å². The maximum absolute atomic E-state index is 9.77. The number of aliphatic hydroxyl groups is 1. The van der Waals surface area contributed by atoms with Gasteiger partial charge >= 0.3 is 16.6 Å². The molecule has 42 valence electrons. The predicted octanol–water partition coefficient (Wildman–Crippen LogP) is -0.930. The first kappa shape index (κ1) is 6.90. The molecule has 0 aliphatic heterocycles. The molecule has 0 bridgehead atoms. The zero-order chi connectivity index (χ0) is 5.86. The molecule has 0 spiro atoms. The van der Waals surface area contributed by atoms with Crippen molar-refractivity contribution < 1.29 is 19.0 Å². The number of rotatable bonds is 1. The molecule has 0 heterocycles. The summed E-state index contributed by atoms with van der Waals surface area (Å²) in [4.78, 5) is 9.77. The van der Waals surface area contributed by atoms with Crippen LogP contribution in [0.4, 0.5) is 0 Å². The van der Waals surface area contributed by atoms with Crippen LogP contribution in [0.25, 0.3) is 0 Å². The summed E-state index contributed by atoms with van der Waals surface area (Å²) in [5, 5.41) is 6.88. The van der Waals surface area contributed by atoms with Crippen molar-refractivity contribution in [2.24, 2.45) is 0 Å². The molecule has 0 rings (SSSR count). The first-order valence-corrected chi connectivity index (χ1v) is 2.58. The van der Waals surface area contributed by atoms with E-state index in [0.29, 0.717) is 0 Å². The summed E-state index contributed by atoms with van der Waals surface area (Å²) in [6.07, 6.45) is 0. The second-order valence-corrected chi connectivity index (χ2v) is 1.78. The highest BCUT2D eigenvalue weighted by molar-refractivity contribution is 8.01. The van der Waals surface area contributed by atoms with Gasteiger partial charge < -0.3 is 5.11 Å². The van der Waals surface area contributed by atoms with Gasteiger partial charge in [-0.05, 0) is 0 Å². The fourth-order valence-electron chi connectivity index (χ4n) is 0.0577. The van der Waals surface area contributed by atoms with Crippen molar-refractivity contribution >= 4 is 16.6 Å². The molecule has 0 unspecified atom stereocenters. The van der Waals surface area contributed by atoms with E-state index in [4.69, 9.17) is 14.2 Å². The quantitative estimate of drug-likeness (QED) is 0.396. The highest BCUT2D eigenvalue weighted by atomic mass is 32.2. The minimum Gasteiger partial charge on any atom is -0.383 e. The molecule has 0 atom stereocenters. The maximum Gasteiger partial charge on any atom is 0.427 e. The minimum absolute atomic E-state index is 0.809. The van der Waals surface area contributed by atoms with Crippen LogP contribution in [-0.2, 0) is 16.3 Å². The van der Waals surface area contributed by atoms with Crippen LogP contribution in [0.5, 0.6) is 0 Å². The molecular formula is C2H5O4S+. The lowest BCUT2D eigenvalue weighted by atomic mass is 10.8. The second-order valence-electron chi connectivity index (χ2n) is 0.794. The monoisotopic (exact) mass is 125 g/mol. The molecule has 7 heavy (non-hydrogen) atoms. The predicted molar refractivity (Wildman–Crippen MR) is 24.7 cm³/mol. The number of carbonyl (C=O) groups is 1. The Morgan fingerprint density at radius 2 is 2.00 bits per heavy atom. The summed E-state index contributed by atoms with van der Waals surface area (Å²) < 4.78 is 15.8. The van der Waals surface area contributed by atoms with Gasteiger partial charge in [0.15, 0.2) is 6.61 Å². The third-order valence-corrected chi connectivity index (χ3v) is 0.869. The van der Waals surface area contributed by atoms with Gasteiger partial charge in [-0.1, -0.05) is 0 Å². The summed E-state index contributed by atoms with van der Waals surface area (Å²) >= 11 is -2.25. The first-order chi connectivity index (χ1) is 3.18. The van der Waals surface area contributed by atoms with Gasteiger partial charge in [-0.2, -0.15) is 0 Å². The Morgan fingerprint density at radius 1 is 1.57 bits per heavy atom. The summed E-state index contributed by atoms with van der Waals surface area (Å²) in [6.45, 7) is -0.809. The van der Waals surface area contributed by atoms with E-state index in [9.17, 15) is 4.79 Å². The first-order valence-electron chi connectivity index (χ1n) is 1.44. The van der Waals surface area contributed by atoms with Gasteiger partial charge in [-0.15, -0.1) is 9.11 Å². The van der Waals surface area contributed by atoms with Gasteiger partial charge in [0, 0.05) is 0 Å². The van der Waals surface area contributed by atoms with Crippen molar-refractivity contribution in [3.8, 4) is 0 Å². The van der Waals surface area contributed by atoms with E-state index in [1.54, 1.807) is 0 Å². The van der Waals surface area contributed by atoms with E-state index in [1.807, 2.05) is 0 Å². The standard InChI is InChI=1S/C2H5O4S/c3-1-2(4)7(5)6/h3,5-6H,1H2/q+1. The van der Waals surface area contributed by atoms with Crippen molar-refractivity contribution in [3.63, 3.8) is 0 Å². The molecule has 0 saturated heterocycles. The van der Waals surface area contributed by atoms with E-state index >= 15 is 0 Å². The van der Waals surface area contributed by atoms with Crippen LogP contribution in [0.15, 0.2) is 0 Å². The lowest BCUT2D eigenvalue weighted by Crippen LogP contribution is -2.16. The molecule has 3 N–H and O–H groups in total. The van der Waals surface area contributed by atoms with E-state index < -0.39 is 23.2 Å². The molecule has 4 nitrogen and oxygen atoms in total. The van der Waals surface area contributed by atoms with Crippen LogP contribution < -0.4 is 0 Å². The lowest BCUT2D eigenvalue weighted by molar-refractivity contribution is -0.114. The largest absolute Gasteiger partial charge is 0.427 e. The second kappa shape index (κ2) is 2.98. The molecule has 0 aromatic heterocycles. The maximum atomic E-state index is 9.77. The Bertz CT molecular complexity index is 70.1. The zero-order valence-electron chi connectivity index (χ0n) is 3.37. The highest BCUT2D eigenvalue weighted by Crippen LogP contribution is 1.81. The highest BCUT2D eigenvalue weighted by Gasteiger charge is 2.23. The van der Waals surface area contributed by atoms with Crippen molar-refractivity contribution in [2.45, 2.75) is 0 Å². The third-order valence-electron chi connectivity index (χ3n) is 0.333. The Morgan fingerprint density at radius 3 is 2.00 bits per heavy atom. The summed E-state index contributed by atoms with van der Waals surface area (Å²) in [7, 11) is 0. The van der Waals surface area contributed by atoms with E-state index in [-0.39, 0.29) is 0 Å². The summed E-state index contributed by atoms with van der Waals surface area (Å²) in [5.74, 6) is 0. The van der Waals surface area contributed by atoms with Crippen molar-refractivity contribution in [1.29, 1.82) is 0 Å². The Balaban J connectivity index is 3.35. The average molecular weight is 125 g/mol. The molecule has 0 aliphatic rings. The van der Waals surface area contributed by atoms with Gasteiger partial charge in [-0.3, -0.25) is 0 Å². The molecule has 0 fully saturated rings. The van der Waals surface area contributed by atoms with Gasteiger partial charge in [0.25, 0.3) is 0 Å². The number of carbonyl (C=O) groups excluding carboxylic acids is 1. The van der Waals surface area contributed by atoms with Crippen molar-refractivity contribution in [1.82, 2.24) is 0 Å².